The van der Waals surface area contributed by atoms with Gasteiger partial charge in [-0.1, -0.05) is 35.9 Å². The fraction of sp³-hybridized carbons (Fsp3) is 0. The van der Waals surface area contributed by atoms with Gasteiger partial charge in [0.15, 0.2) is 0 Å². The lowest BCUT2D eigenvalue weighted by Crippen LogP contribution is -2.14. The van der Waals surface area contributed by atoms with E-state index in [1.807, 2.05) is 6.07 Å². The molecular weight excluding hydrogens is 355 g/mol. The zero-order valence-corrected chi connectivity index (χ0v) is 14.1. The molecule has 0 aliphatic carbocycles. The van der Waals surface area contributed by atoms with Gasteiger partial charge < -0.3 is 9.73 Å². The number of nitrogens with zero attached hydrogens (tertiary/aromatic N) is 1. The van der Waals surface area contributed by atoms with Crippen LogP contribution in [0.5, 0.6) is 0 Å². The van der Waals surface area contributed by atoms with Crippen LogP contribution >= 0.6 is 11.6 Å². The summed E-state index contributed by atoms with van der Waals surface area (Å²) in [5, 5.41) is 12.2. The lowest BCUT2D eigenvalue weighted by atomic mass is 10.2. The molecule has 1 aromatic heterocycles. The van der Waals surface area contributed by atoms with E-state index in [-0.39, 0.29) is 11.3 Å². The summed E-state index contributed by atoms with van der Waals surface area (Å²) in [6.45, 7) is 0. The Bertz CT molecular complexity index is 1030. The van der Waals surface area contributed by atoms with E-state index in [0.29, 0.717) is 16.5 Å². The van der Waals surface area contributed by atoms with Crippen molar-refractivity contribution in [3.05, 3.63) is 82.8 Å². The second kappa shape index (κ2) is 7.68. The normalized spacial score (nSPS) is 11.0. The number of halogens is 2. The second-order valence-corrected chi connectivity index (χ2v) is 5.75. The minimum absolute atomic E-state index is 0.00212. The molecule has 0 aliphatic heterocycles. The quantitative estimate of drug-likeness (QED) is 0.504. The Morgan fingerprint density at radius 3 is 2.69 bits per heavy atom. The van der Waals surface area contributed by atoms with E-state index >= 15 is 0 Å². The summed E-state index contributed by atoms with van der Waals surface area (Å²) < 4.78 is 19.3. The number of benzene rings is 2. The molecule has 2 aromatic carbocycles. The van der Waals surface area contributed by atoms with Gasteiger partial charge in [0, 0.05) is 16.7 Å². The van der Waals surface area contributed by atoms with Gasteiger partial charge in [-0.05, 0) is 36.4 Å². The van der Waals surface area contributed by atoms with Crippen LogP contribution < -0.4 is 5.32 Å². The molecule has 0 fully saturated rings. The molecule has 0 unspecified atom stereocenters. The molecule has 1 amide bonds. The molecule has 128 valence electrons. The van der Waals surface area contributed by atoms with Crippen LogP contribution in [-0.2, 0) is 4.79 Å². The van der Waals surface area contributed by atoms with Gasteiger partial charge in [0.1, 0.15) is 29.0 Å². The van der Waals surface area contributed by atoms with Crippen LogP contribution in [-0.4, -0.2) is 5.91 Å². The summed E-state index contributed by atoms with van der Waals surface area (Å²) in [5.41, 5.74) is 0.560. The van der Waals surface area contributed by atoms with E-state index < -0.39 is 11.7 Å². The highest BCUT2D eigenvalue weighted by Gasteiger charge is 2.13. The summed E-state index contributed by atoms with van der Waals surface area (Å²) in [4.78, 5) is 12.2. The Morgan fingerprint density at radius 1 is 1.15 bits per heavy atom. The van der Waals surface area contributed by atoms with Crippen molar-refractivity contribution in [1.82, 2.24) is 0 Å². The highest BCUT2D eigenvalue weighted by Crippen LogP contribution is 2.26. The van der Waals surface area contributed by atoms with Gasteiger partial charge in [-0.3, -0.25) is 4.79 Å². The fourth-order valence-electron chi connectivity index (χ4n) is 2.27. The molecule has 0 atom stereocenters. The van der Waals surface area contributed by atoms with Crippen LogP contribution in [0.3, 0.4) is 0 Å². The molecule has 0 bridgehead atoms. The third-order valence-electron chi connectivity index (χ3n) is 3.51. The van der Waals surface area contributed by atoms with Crippen molar-refractivity contribution in [2.45, 2.75) is 0 Å². The third kappa shape index (κ3) is 4.00. The van der Waals surface area contributed by atoms with Crippen molar-refractivity contribution >= 4 is 29.3 Å². The minimum atomic E-state index is -0.724. The summed E-state index contributed by atoms with van der Waals surface area (Å²) in [5.74, 6) is -0.441. The average Bonchev–Trinajstić information content (AvgIpc) is 3.10. The minimum Gasteiger partial charge on any atom is -0.457 e. The average molecular weight is 367 g/mol. The SMILES string of the molecule is N#C/C(=C/c1ccc(-c2cccc(Cl)c2)o1)C(=O)Nc1ccccc1F. The van der Waals surface area contributed by atoms with Crippen LogP contribution in [0.2, 0.25) is 5.02 Å². The van der Waals surface area contributed by atoms with Crippen LogP contribution in [0.25, 0.3) is 17.4 Å². The number of furan rings is 1. The number of hydrogen-bond acceptors (Lipinski definition) is 3. The topological polar surface area (TPSA) is 66.0 Å². The first kappa shape index (κ1) is 17.5. The number of para-hydroxylation sites is 1. The zero-order chi connectivity index (χ0) is 18.5. The number of hydrogen-bond donors (Lipinski definition) is 1. The maximum absolute atomic E-state index is 13.6. The fourth-order valence-corrected chi connectivity index (χ4v) is 2.46. The number of carbonyl (C=O) groups is 1. The van der Waals surface area contributed by atoms with Gasteiger partial charge in [-0.2, -0.15) is 5.26 Å². The molecule has 0 aliphatic rings. The maximum Gasteiger partial charge on any atom is 0.266 e. The highest BCUT2D eigenvalue weighted by molar-refractivity contribution is 6.30. The van der Waals surface area contributed by atoms with E-state index in [1.165, 1.54) is 24.3 Å². The molecule has 0 saturated carbocycles. The lowest BCUT2D eigenvalue weighted by molar-refractivity contribution is -0.112. The Kier molecular flexibility index (Phi) is 5.16. The summed E-state index contributed by atoms with van der Waals surface area (Å²) in [7, 11) is 0. The van der Waals surface area contributed by atoms with Gasteiger partial charge >= 0.3 is 0 Å². The molecule has 0 radical (unpaired) electrons. The zero-order valence-electron chi connectivity index (χ0n) is 13.4. The van der Waals surface area contributed by atoms with Crippen molar-refractivity contribution < 1.29 is 13.6 Å². The van der Waals surface area contributed by atoms with Crippen molar-refractivity contribution in [2.75, 3.05) is 5.32 Å². The molecule has 3 aromatic rings. The monoisotopic (exact) mass is 366 g/mol. The Morgan fingerprint density at radius 2 is 1.96 bits per heavy atom. The first-order valence-electron chi connectivity index (χ1n) is 7.60. The maximum atomic E-state index is 13.6. The molecule has 1 N–H and O–H groups in total. The Balaban J connectivity index is 1.82. The Labute approximate surface area is 154 Å². The Hall–Kier alpha value is -3.36. The molecule has 6 heteroatoms. The van der Waals surface area contributed by atoms with Gasteiger partial charge in [0.2, 0.25) is 0 Å². The van der Waals surface area contributed by atoms with Crippen LogP contribution in [0.1, 0.15) is 5.76 Å². The standard InChI is InChI=1S/C20H12ClFN2O2/c21-15-5-3-4-13(10-15)19-9-8-16(26-19)11-14(12-23)20(25)24-18-7-2-1-6-17(18)22/h1-11H,(H,24,25)/b14-11-. The molecule has 26 heavy (non-hydrogen) atoms. The van der Waals surface area contributed by atoms with Crippen LogP contribution in [0.4, 0.5) is 10.1 Å². The van der Waals surface area contributed by atoms with Gasteiger partial charge in [-0.25, -0.2) is 4.39 Å². The predicted molar refractivity (Wildman–Crippen MR) is 97.8 cm³/mol. The molecule has 0 saturated heterocycles. The second-order valence-electron chi connectivity index (χ2n) is 5.32. The number of nitriles is 1. The van der Waals surface area contributed by atoms with Crippen LogP contribution in [0, 0.1) is 17.1 Å². The van der Waals surface area contributed by atoms with E-state index in [2.05, 4.69) is 5.32 Å². The number of anilines is 1. The largest absolute Gasteiger partial charge is 0.457 e. The summed E-state index contributed by atoms with van der Waals surface area (Å²) in [6, 6.07) is 17.9. The van der Waals surface area contributed by atoms with Crippen molar-refractivity contribution in [3.63, 3.8) is 0 Å². The van der Waals surface area contributed by atoms with Crippen molar-refractivity contribution in [2.24, 2.45) is 0 Å². The highest BCUT2D eigenvalue weighted by atomic mass is 35.5. The van der Waals surface area contributed by atoms with Gasteiger partial charge in [0.25, 0.3) is 5.91 Å². The first-order chi connectivity index (χ1) is 12.6. The molecule has 4 nitrogen and oxygen atoms in total. The van der Waals surface area contributed by atoms with E-state index in [1.54, 1.807) is 42.5 Å². The molecule has 1 heterocycles. The first-order valence-corrected chi connectivity index (χ1v) is 7.98. The summed E-state index contributed by atoms with van der Waals surface area (Å²) in [6.07, 6.45) is 1.30. The summed E-state index contributed by atoms with van der Waals surface area (Å²) >= 11 is 5.96. The van der Waals surface area contributed by atoms with Gasteiger partial charge in [0.05, 0.1) is 5.69 Å². The molecule has 0 spiro atoms. The molecule has 3 rings (SSSR count). The lowest BCUT2D eigenvalue weighted by Gasteiger charge is -2.04. The van der Waals surface area contributed by atoms with Crippen LogP contribution in [0.15, 0.2) is 70.7 Å². The van der Waals surface area contributed by atoms with Gasteiger partial charge in [-0.15, -0.1) is 0 Å². The number of rotatable bonds is 4. The smallest absolute Gasteiger partial charge is 0.266 e. The van der Waals surface area contributed by atoms with E-state index in [0.717, 1.165) is 5.56 Å². The molecular formula is C20H12ClFN2O2. The number of carbonyl (C=O) groups excluding carboxylic acids is 1. The third-order valence-corrected chi connectivity index (χ3v) is 3.74. The van der Waals surface area contributed by atoms with E-state index in [4.69, 9.17) is 16.0 Å². The van der Waals surface area contributed by atoms with E-state index in [9.17, 15) is 14.4 Å². The van der Waals surface area contributed by atoms with Crippen molar-refractivity contribution in [3.8, 4) is 17.4 Å². The number of amides is 1. The van der Waals surface area contributed by atoms with Crippen molar-refractivity contribution in [1.29, 1.82) is 5.26 Å². The predicted octanol–water partition coefficient (Wildman–Crippen LogP) is 5.28. The number of nitrogens with one attached hydrogen (secondary N) is 1.